The lowest BCUT2D eigenvalue weighted by Crippen LogP contribution is -2.34. The summed E-state index contributed by atoms with van der Waals surface area (Å²) in [6.07, 6.45) is 5.54. The molecule has 1 aromatic heterocycles. The summed E-state index contributed by atoms with van der Waals surface area (Å²) in [6, 6.07) is 2.05. The summed E-state index contributed by atoms with van der Waals surface area (Å²) in [5, 5.41) is 6.21. The van der Waals surface area contributed by atoms with E-state index >= 15 is 0 Å². The second kappa shape index (κ2) is 9.45. The van der Waals surface area contributed by atoms with Gasteiger partial charge in [0.05, 0.1) is 0 Å². The van der Waals surface area contributed by atoms with Gasteiger partial charge in [0.2, 0.25) is 11.9 Å². The van der Waals surface area contributed by atoms with Crippen LogP contribution in [0, 0.1) is 12.8 Å². The number of carbonyl (C=O) groups is 1. The van der Waals surface area contributed by atoms with E-state index in [-0.39, 0.29) is 11.8 Å². The van der Waals surface area contributed by atoms with Crippen molar-refractivity contribution in [1.82, 2.24) is 15.3 Å². The Kier molecular flexibility index (Phi) is 7.28. The van der Waals surface area contributed by atoms with E-state index in [1.54, 1.807) is 0 Å². The second-order valence-corrected chi connectivity index (χ2v) is 6.47. The van der Waals surface area contributed by atoms with Gasteiger partial charge in [-0.25, -0.2) is 4.98 Å². The second-order valence-electron chi connectivity index (χ2n) is 6.47. The third kappa shape index (κ3) is 5.35. The van der Waals surface area contributed by atoms with Gasteiger partial charge < -0.3 is 15.5 Å². The Labute approximate surface area is 145 Å². The molecule has 0 aliphatic carbocycles. The van der Waals surface area contributed by atoms with E-state index < -0.39 is 0 Å². The molecule has 1 aromatic rings. The van der Waals surface area contributed by atoms with Gasteiger partial charge in [0.1, 0.15) is 5.82 Å². The summed E-state index contributed by atoms with van der Waals surface area (Å²) in [7, 11) is 0. The number of carbonyl (C=O) groups excluding carboxylic acids is 1. The van der Waals surface area contributed by atoms with Crippen molar-refractivity contribution in [2.75, 3.05) is 36.4 Å². The van der Waals surface area contributed by atoms with Crippen LogP contribution in [0.4, 0.5) is 11.8 Å². The van der Waals surface area contributed by atoms with Crippen LogP contribution >= 0.6 is 0 Å². The summed E-state index contributed by atoms with van der Waals surface area (Å²) < 4.78 is 0. The zero-order valence-corrected chi connectivity index (χ0v) is 15.3. The highest BCUT2D eigenvalue weighted by Crippen LogP contribution is 2.19. The maximum atomic E-state index is 12.0. The molecule has 0 saturated carbocycles. The van der Waals surface area contributed by atoms with Crippen molar-refractivity contribution in [3.05, 3.63) is 11.8 Å². The Hall–Kier alpha value is -1.85. The molecule has 1 amide bonds. The third-order valence-corrected chi connectivity index (χ3v) is 4.58. The molecule has 0 spiro atoms. The molecule has 1 aliphatic heterocycles. The van der Waals surface area contributed by atoms with E-state index in [4.69, 9.17) is 0 Å². The van der Waals surface area contributed by atoms with Gasteiger partial charge in [-0.05, 0) is 39.0 Å². The maximum absolute atomic E-state index is 12.0. The fraction of sp³-hybridized carbons (Fsp3) is 0.722. The molecule has 0 atom stereocenters. The SMILES string of the molecule is CCC(CC)C(=O)NCCNc1nc(C)cc(N2CCCCC2)n1. The molecule has 6 nitrogen and oxygen atoms in total. The molecule has 134 valence electrons. The van der Waals surface area contributed by atoms with Crippen LogP contribution < -0.4 is 15.5 Å². The van der Waals surface area contributed by atoms with Crippen molar-refractivity contribution >= 4 is 17.7 Å². The number of hydrogen-bond donors (Lipinski definition) is 2. The van der Waals surface area contributed by atoms with E-state index in [0.717, 1.165) is 37.4 Å². The first kappa shape index (κ1) is 18.5. The highest BCUT2D eigenvalue weighted by atomic mass is 16.1. The number of hydrogen-bond acceptors (Lipinski definition) is 5. The van der Waals surface area contributed by atoms with Gasteiger partial charge in [0.15, 0.2) is 0 Å². The first-order valence-corrected chi connectivity index (χ1v) is 9.26. The number of aromatic nitrogens is 2. The Bertz CT molecular complexity index is 524. The number of piperidine rings is 1. The lowest BCUT2D eigenvalue weighted by atomic mass is 10.0. The molecule has 0 radical (unpaired) electrons. The predicted molar refractivity (Wildman–Crippen MR) is 98.4 cm³/mol. The molecule has 24 heavy (non-hydrogen) atoms. The van der Waals surface area contributed by atoms with E-state index in [2.05, 4.69) is 39.3 Å². The van der Waals surface area contributed by atoms with Crippen LogP contribution in [0.2, 0.25) is 0 Å². The zero-order chi connectivity index (χ0) is 17.4. The summed E-state index contributed by atoms with van der Waals surface area (Å²) >= 11 is 0. The molecule has 0 bridgehead atoms. The summed E-state index contributed by atoms with van der Waals surface area (Å²) in [5.41, 5.74) is 0.967. The van der Waals surface area contributed by atoms with E-state index in [1.165, 1.54) is 19.3 Å². The Morgan fingerprint density at radius 2 is 1.88 bits per heavy atom. The Balaban J connectivity index is 1.84. The molecule has 0 aromatic carbocycles. The summed E-state index contributed by atoms with van der Waals surface area (Å²) in [6.45, 7) is 9.46. The average Bonchev–Trinajstić information content (AvgIpc) is 2.60. The van der Waals surface area contributed by atoms with Crippen molar-refractivity contribution in [2.45, 2.75) is 52.9 Å². The van der Waals surface area contributed by atoms with Gasteiger partial charge in [-0.15, -0.1) is 0 Å². The molecule has 2 rings (SSSR count). The first-order chi connectivity index (χ1) is 11.6. The monoisotopic (exact) mass is 333 g/mol. The fourth-order valence-corrected chi connectivity index (χ4v) is 3.08. The van der Waals surface area contributed by atoms with Crippen LogP contribution in [0.5, 0.6) is 0 Å². The number of aryl methyl sites for hydroxylation is 1. The van der Waals surface area contributed by atoms with Crippen molar-refractivity contribution in [3.8, 4) is 0 Å². The molecule has 1 fully saturated rings. The molecular weight excluding hydrogens is 302 g/mol. The normalized spacial score (nSPS) is 14.8. The molecule has 1 aliphatic rings. The zero-order valence-electron chi connectivity index (χ0n) is 15.3. The predicted octanol–water partition coefficient (Wildman–Crippen LogP) is 2.74. The summed E-state index contributed by atoms with van der Waals surface area (Å²) in [4.78, 5) is 23.4. The number of nitrogens with one attached hydrogen (secondary N) is 2. The number of anilines is 2. The number of amides is 1. The smallest absolute Gasteiger partial charge is 0.224 e. The van der Waals surface area contributed by atoms with Gasteiger partial charge >= 0.3 is 0 Å². The summed E-state index contributed by atoms with van der Waals surface area (Å²) in [5.74, 6) is 1.91. The van der Waals surface area contributed by atoms with Crippen molar-refractivity contribution < 1.29 is 4.79 Å². The van der Waals surface area contributed by atoms with Crippen molar-refractivity contribution in [3.63, 3.8) is 0 Å². The minimum atomic E-state index is 0.117. The Morgan fingerprint density at radius 1 is 1.17 bits per heavy atom. The largest absolute Gasteiger partial charge is 0.356 e. The van der Waals surface area contributed by atoms with Gasteiger partial charge in [-0.3, -0.25) is 4.79 Å². The standard InChI is InChI=1S/C18H31N5O/c1-4-15(5-2)17(24)19-9-10-20-18-21-14(3)13-16(22-18)23-11-7-6-8-12-23/h13,15H,4-12H2,1-3H3,(H,19,24)(H,20,21,22). The topological polar surface area (TPSA) is 70.2 Å². The van der Waals surface area contributed by atoms with Crippen LogP contribution in [0.3, 0.4) is 0 Å². The van der Waals surface area contributed by atoms with Crippen molar-refractivity contribution in [1.29, 1.82) is 0 Å². The molecule has 6 heteroatoms. The van der Waals surface area contributed by atoms with Crippen LogP contribution in [-0.4, -0.2) is 42.1 Å². The first-order valence-electron chi connectivity index (χ1n) is 9.26. The average molecular weight is 333 g/mol. The fourth-order valence-electron chi connectivity index (χ4n) is 3.08. The van der Waals surface area contributed by atoms with Crippen LogP contribution in [-0.2, 0) is 4.79 Å². The van der Waals surface area contributed by atoms with E-state index in [0.29, 0.717) is 19.0 Å². The molecule has 0 unspecified atom stereocenters. The van der Waals surface area contributed by atoms with Crippen LogP contribution in [0.15, 0.2) is 6.07 Å². The maximum Gasteiger partial charge on any atom is 0.224 e. The van der Waals surface area contributed by atoms with Gasteiger partial charge in [-0.1, -0.05) is 13.8 Å². The van der Waals surface area contributed by atoms with Gasteiger partial charge in [-0.2, -0.15) is 4.98 Å². The Morgan fingerprint density at radius 3 is 2.54 bits per heavy atom. The molecular formula is C18H31N5O. The molecule has 2 N–H and O–H groups in total. The minimum absolute atomic E-state index is 0.117. The van der Waals surface area contributed by atoms with Crippen LogP contribution in [0.1, 0.15) is 51.6 Å². The minimum Gasteiger partial charge on any atom is -0.356 e. The lowest BCUT2D eigenvalue weighted by Gasteiger charge is -2.28. The van der Waals surface area contributed by atoms with E-state index in [9.17, 15) is 4.79 Å². The molecule has 1 saturated heterocycles. The van der Waals surface area contributed by atoms with Crippen LogP contribution in [0.25, 0.3) is 0 Å². The number of nitrogens with zero attached hydrogens (tertiary/aromatic N) is 3. The number of rotatable bonds is 8. The van der Waals surface area contributed by atoms with Gasteiger partial charge in [0, 0.05) is 43.9 Å². The van der Waals surface area contributed by atoms with Crippen molar-refractivity contribution in [2.24, 2.45) is 5.92 Å². The highest BCUT2D eigenvalue weighted by molar-refractivity contribution is 5.78. The van der Waals surface area contributed by atoms with E-state index in [1.807, 2.05) is 13.0 Å². The third-order valence-electron chi connectivity index (χ3n) is 4.58. The van der Waals surface area contributed by atoms with Gasteiger partial charge in [0.25, 0.3) is 0 Å². The molecule has 2 heterocycles. The lowest BCUT2D eigenvalue weighted by molar-refractivity contribution is -0.125. The highest BCUT2D eigenvalue weighted by Gasteiger charge is 2.14. The quantitative estimate of drug-likeness (QED) is 0.716.